The number of aromatic nitrogens is 1. The van der Waals surface area contributed by atoms with Gasteiger partial charge in [0, 0.05) is 43.0 Å². The fourth-order valence-corrected chi connectivity index (χ4v) is 3.99. The van der Waals surface area contributed by atoms with Crippen molar-refractivity contribution in [3.8, 4) is 0 Å². The van der Waals surface area contributed by atoms with E-state index in [2.05, 4.69) is 5.32 Å². The van der Waals surface area contributed by atoms with Gasteiger partial charge in [-0.1, -0.05) is 18.2 Å². The van der Waals surface area contributed by atoms with E-state index >= 15 is 0 Å². The van der Waals surface area contributed by atoms with Crippen molar-refractivity contribution >= 4 is 17.7 Å². The zero-order valence-electron chi connectivity index (χ0n) is 14.1. The number of pyridine rings is 1. The number of urea groups is 1. The molecule has 0 unspecified atom stereocenters. The number of hydrogen-bond donors (Lipinski definition) is 1. The van der Waals surface area contributed by atoms with Crippen molar-refractivity contribution in [2.75, 3.05) is 18.4 Å². The highest BCUT2D eigenvalue weighted by molar-refractivity contribution is 5.92. The predicted molar refractivity (Wildman–Crippen MR) is 92.9 cm³/mol. The maximum atomic E-state index is 12.6. The van der Waals surface area contributed by atoms with Crippen LogP contribution in [0.15, 0.2) is 47.3 Å². The summed E-state index contributed by atoms with van der Waals surface area (Å²) in [4.78, 5) is 37.4. The summed E-state index contributed by atoms with van der Waals surface area (Å²) in [6.45, 7) is 1.73. The number of piperidine rings is 1. The average molecular weight is 352 g/mol. The number of anilines is 1. The molecule has 4 rings (SSSR count). The minimum absolute atomic E-state index is 0.00852. The Morgan fingerprint density at radius 1 is 1.08 bits per heavy atom. The largest absolute Gasteiger partial charge is 0.545 e. The third kappa shape index (κ3) is 2.96. The molecule has 1 fully saturated rings. The standard InChI is InChI=1S/C19H19N3O4/c23-17-6-2-5-16-14-7-12(10-22(16)17)9-21(11-14)19(26)20-15-4-1-3-13(8-15)18(24)25/h1-6,8,12,14H,7,9-11H2,(H,20,26)(H,24,25)/p-1/t12-,14+/m1/s1. The highest BCUT2D eigenvalue weighted by Gasteiger charge is 2.36. The predicted octanol–water partition coefficient (Wildman–Crippen LogP) is 0.863. The molecular weight excluding hydrogens is 334 g/mol. The molecule has 1 aromatic carbocycles. The first-order valence-electron chi connectivity index (χ1n) is 8.58. The number of carboxylic acids is 1. The highest BCUT2D eigenvalue weighted by Crippen LogP contribution is 2.35. The molecule has 7 nitrogen and oxygen atoms in total. The lowest BCUT2D eigenvalue weighted by Crippen LogP contribution is -2.50. The smallest absolute Gasteiger partial charge is 0.321 e. The molecule has 2 bridgehead atoms. The number of fused-ring (bicyclic) bond motifs is 4. The second kappa shape index (κ2) is 6.33. The lowest BCUT2D eigenvalue weighted by molar-refractivity contribution is -0.255. The molecule has 134 valence electrons. The van der Waals surface area contributed by atoms with Gasteiger partial charge in [0.15, 0.2) is 0 Å². The molecule has 0 radical (unpaired) electrons. The van der Waals surface area contributed by atoms with E-state index in [1.54, 1.807) is 29.2 Å². The van der Waals surface area contributed by atoms with E-state index in [0.717, 1.165) is 12.1 Å². The van der Waals surface area contributed by atoms with Crippen LogP contribution < -0.4 is 16.0 Å². The van der Waals surface area contributed by atoms with E-state index in [-0.39, 0.29) is 29.0 Å². The van der Waals surface area contributed by atoms with Crippen LogP contribution in [0.2, 0.25) is 0 Å². The van der Waals surface area contributed by atoms with E-state index in [4.69, 9.17) is 0 Å². The number of likely N-dealkylation sites (tertiary alicyclic amines) is 1. The molecule has 2 aliphatic heterocycles. The maximum absolute atomic E-state index is 12.6. The summed E-state index contributed by atoms with van der Waals surface area (Å²) in [6, 6.07) is 11.0. The third-order valence-corrected chi connectivity index (χ3v) is 5.12. The third-order valence-electron chi connectivity index (χ3n) is 5.12. The van der Waals surface area contributed by atoms with E-state index in [9.17, 15) is 19.5 Å². The van der Waals surface area contributed by atoms with Crippen LogP contribution in [0, 0.1) is 5.92 Å². The average Bonchev–Trinajstić information content (AvgIpc) is 2.62. The summed E-state index contributed by atoms with van der Waals surface area (Å²) in [5, 5.41) is 13.7. The molecule has 0 aliphatic carbocycles. The maximum Gasteiger partial charge on any atom is 0.321 e. The van der Waals surface area contributed by atoms with Crippen LogP contribution >= 0.6 is 0 Å². The molecule has 2 aromatic rings. The second-order valence-corrected chi connectivity index (χ2v) is 6.90. The van der Waals surface area contributed by atoms with Gasteiger partial charge in [0.25, 0.3) is 5.56 Å². The Morgan fingerprint density at radius 3 is 2.69 bits per heavy atom. The molecule has 7 heteroatoms. The van der Waals surface area contributed by atoms with Crippen LogP contribution in [0.5, 0.6) is 0 Å². The van der Waals surface area contributed by atoms with Gasteiger partial charge in [-0.2, -0.15) is 0 Å². The zero-order chi connectivity index (χ0) is 18.3. The first-order valence-corrected chi connectivity index (χ1v) is 8.58. The fourth-order valence-electron chi connectivity index (χ4n) is 3.99. The first kappa shape index (κ1) is 16.4. The van der Waals surface area contributed by atoms with Crippen molar-refractivity contribution < 1.29 is 14.7 Å². The van der Waals surface area contributed by atoms with Crippen molar-refractivity contribution in [1.29, 1.82) is 0 Å². The molecule has 0 spiro atoms. The molecule has 2 aliphatic rings. The number of hydrogen-bond acceptors (Lipinski definition) is 4. The van der Waals surface area contributed by atoms with Crippen molar-refractivity contribution in [3.05, 3.63) is 64.1 Å². The molecule has 0 saturated carbocycles. The topological polar surface area (TPSA) is 94.5 Å². The van der Waals surface area contributed by atoms with Crippen LogP contribution in [0.4, 0.5) is 10.5 Å². The summed E-state index contributed by atoms with van der Waals surface area (Å²) >= 11 is 0. The lowest BCUT2D eigenvalue weighted by Gasteiger charge is -2.42. The Labute approximate surface area is 149 Å². The highest BCUT2D eigenvalue weighted by atomic mass is 16.4. The molecule has 2 amide bonds. The summed E-state index contributed by atoms with van der Waals surface area (Å²) in [7, 11) is 0. The van der Waals surface area contributed by atoms with Crippen LogP contribution in [-0.4, -0.2) is 34.6 Å². The molecule has 3 heterocycles. The van der Waals surface area contributed by atoms with Gasteiger partial charge in [-0.15, -0.1) is 0 Å². The van der Waals surface area contributed by atoms with Crippen molar-refractivity contribution in [2.45, 2.75) is 18.9 Å². The zero-order valence-corrected chi connectivity index (χ0v) is 14.1. The molecule has 2 atom stereocenters. The van der Waals surface area contributed by atoms with Gasteiger partial charge in [-0.05, 0) is 36.1 Å². The number of amides is 2. The Balaban J connectivity index is 1.52. The molecule has 1 N–H and O–H groups in total. The molecular formula is C19H18N3O4-. The Morgan fingerprint density at radius 2 is 1.88 bits per heavy atom. The normalized spacial score (nSPS) is 21.0. The minimum atomic E-state index is -1.28. The number of nitrogens with zero attached hydrogens (tertiary/aromatic N) is 2. The van der Waals surface area contributed by atoms with Crippen LogP contribution in [0.25, 0.3) is 0 Å². The number of carbonyl (C=O) groups excluding carboxylic acids is 2. The van der Waals surface area contributed by atoms with Crippen molar-refractivity contribution in [3.63, 3.8) is 0 Å². The second-order valence-electron chi connectivity index (χ2n) is 6.90. The molecule has 1 saturated heterocycles. The van der Waals surface area contributed by atoms with E-state index in [1.807, 2.05) is 10.6 Å². The number of aromatic carboxylic acids is 1. The van der Waals surface area contributed by atoms with Gasteiger partial charge in [0.2, 0.25) is 0 Å². The fraction of sp³-hybridized carbons (Fsp3) is 0.316. The Bertz CT molecular complexity index is 936. The quantitative estimate of drug-likeness (QED) is 0.867. The van der Waals surface area contributed by atoms with Gasteiger partial charge >= 0.3 is 6.03 Å². The number of nitrogens with one attached hydrogen (secondary N) is 1. The van der Waals surface area contributed by atoms with E-state index in [0.29, 0.717) is 25.3 Å². The molecule has 26 heavy (non-hydrogen) atoms. The van der Waals surface area contributed by atoms with Crippen molar-refractivity contribution in [2.24, 2.45) is 5.92 Å². The SMILES string of the molecule is O=C([O-])c1cccc(NC(=O)N2C[C@H]3C[C@@H](C2)c2cccc(=O)n2C3)c1. The van der Waals surface area contributed by atoms with Gasteiger partial charge in [0.1, 0.15) is 0 Å². The summed E-state index contributed by atoms with van der Waals surface area (Å²) in [6.07, 6.45) is 0.966. The summed E-state index contributed by atoms with van der Waals surface area (Å²) in [5.41, 5.74) is 1.43. The Kier molecular flexibility index (Phi) is 3.99. The van der Waals surface area contributed by atoms with Crippen LogP contribution in [0.1, 0.15) is 28.4 Å². The summed E-state index contributed by atoms with van der Waals surface area (Å²) in [5.74, 6) is -0.908. The van der Waals surface area contributed by atoms with Crippen molar-refractivity contribution in [1.82, 2.24) is 9.47 Å². The van der Waals surface area contributed by atoms with Crippen LogP contribution in [0.3, 0.4) is 0 Å². The molecule has 1 aromatic heterocycles. The number of rotatable bonds is 2. The minimum Gasteiger partial charge on any atom is -0.545 e. The lowest BCUT2D eigenvalue weighted by atomic mass is 9.83. The Hall–Kier alpha value is -3.09. The van der Waals surface area contributed by atoms with Gasteiger partial charge in [-0.25, -0.2) is 4.79 Å². The van der Waals surface area contributed by atoms with Crippen LogP contribution in [-0.2, 0) is 6.54 Å². The summed E-state index contributed by atoms with van der Waals surface area (Å²) < 4.78 is 1.82. The number of carbonyl (C=O) groups is 2. The van der Waals surface area contributed by atoms with Gasteiger partial charge in [-0.3, -0.25) is 4.79 Å². The van der Waals surface area contributed by atoms with E-state index < -0.39 is 5.97 Å². The van der Waals surface area contributed by atoms with E-state index in [1.165, 1.54) is 12.1 Å². The first-order chi connectivity index (χ1) is 12.5. The monoisotopic (exact) mass is 352 g/mol. The van der Waals surface area contributed by atoms with Gasteiger partial charge < -0.3 is 24.7 Å². The number of carboxylic acid groups (broad SMARTS) is 1. The van der Waals surface area contributed by atoms with Gasteiger partial charge in [0.05, 0.1) is 5.97 Å². The number of benzene rings is 1.